The van der Waals surface area contributed by atoms with E-state index < -0.39 is 0 Å². The second kappa shape index (κ2) is 5.91. The Kier molecular flexibility index (Phi) is 3.21. The van der Waals surface area contributed by atoms with Crippen LogP contribution in [-0.4, -0.2) is 19.9 Å². The second-order valence-corrected chi connectivity index (χ2v) is 6.96. The number of benzene rings is 4. The van der Waals surface area contributed by atoms with Crippen molar-refractivity contribution in [2.45, 2.75) is 0 Å². The molecule has 4 aromatic carbocycles. The van der Waals surface area contributed by atoms with Crippen molar-refractivity contribution in [3.8, 4) is 12.1 Å². The number of nitriles is 2. The van der Waals surface area contributed by atoms with E-state index in [4.69, 9.17) is 9.97 Å². The van der Waals surface area contributed by atoms with Crippen molar-refractivity contribution in [1.82, 2.24) is 19.9 Å². The Bertz CT molecular complexity index is 1770. The van der Waals surface area contributed by atoms with Crippen LogP contribution < -0.4 is 0 Å². The highest BCUT2D eigenvalue weighted by Crippen LogP contribution is 2.36. The zero-order chi connectivity index (χ0) is 20.2. The van der Waals surface area contributed by atoms with Gasteiger partial charge in [0.25, 0.3) is 0 Å². The molecule has 0 bridgehead atoms. The first kappa shape index (κ1) is 16.3. The van der Waals surface area contributed by atoms with Gasteiger partial charge in [0.05, 0.1) is 16.6 Å². The molecule has 6 aromatic rings. The minimum atomic E-state index is -0.0131. The van der Waals surface area contributed by atoms with E-state index in [2.05, 4.69) is 9.97 Å². The van der Waals surface area contributed by atoms with Gasteiger partial charge in [-0.2, -0.15) is 10.5 Å². The molecule has 0 saturated heterocycles. The molecule has 0 saturated carbocycles. The maximum absolute atomic E-state index is 9.52. The Morgan fingerprint density at radius 3 is 1.87 bits per heavy atom. The highest BCUT2D eigenvalue weighted by atomic mass is 14.9. The summed E-state index contributed by atoms with van der Waals surface area (Å²) in [5.74, 6) is 0. The summed E-state index contributed by atoms with van der Waals surface area (Å²) in [6.07, 6.45) is 0. The van der Waals surface area contributed by atoms with Gasteiger partial charge in [0.15, 0.2) is 11.4 Å². The predicted molar refractivity (Wildman–Crippen MR) is 115 cm³/mol. The summed E-state index contributed by atoms with van der Waals surface area (Å²) in [5.41, 5.74) is 3.80. The van der Waals surface area contributed by atoms with Gasteiger partial charge in [0.1, 0.15) is 28.7 Å². The maximum Gasteiger partial charge on any atom is 0.177 e. The monoisotopic (exact) mass is 382 g/mol. The van der Waals surface area contributed by atoms with Crippen LogP contribution in [0, 0.1) is 22.7 Å². The third-order valence-corrected chi connectivity index (χ3v) is 5.32. The standard InChI is InChI=1S/C24H10N6/c25-11-18-19(12-26)30-24-22(29-18)20-14-6-2-1-5-13(14)9-10-15(20)21-23(24)28-17-8-4-3-7-16(17)27-21/h1-10H. The van der Waals surface area contributed by atoms with Gasteiger partial charge < -0.3 is 0 Å². The Morgan fingerprint density at radius 1 is 0.533 bits per heavy atom. The Labute approximate surface area is 169 Å². The molecule has 0 fully saturated rings. The molecule has 0 atom stereocenters. The van der Waals surface area contributed by atoms with Crippen LogP contribution in [0.2, 0.25) is 0 Å². The molecule has 6 rings (SSSR count). The lowest BCUT2D eigenvalue weighted by atomic mass is 9.98. The number of hydrogen-bond donors (Lipinski definition) is 0. The van der Waals surface area contributed by atoms with Crippen LogP contribution in [-0.2, 0) is 0 Å². The smallest absolute Gasteiger partial charge is 0.177 e. The highest BCUT2D eigenvalue weighted by molar-refractivity contribution is 6.28. The first-order chi connectivity index (χ1) is 14.8. The molecule has 6 heteroatoms. The summed E-state index contributed by atoms with van der Waals surface area (Å²) >= 11 is 0. The first-order valence-electron chi connectivity index (χ1n) is 9.30. The van der Waals surface area contributed by atoms with E-state index in [0.717, 1.165) is 32.6 Å². The van der Waals surface area contributed by atoms with Gasteiger partial charge in [-0.3, -0.25) is 0 Å². The van der Waals surface area contributed by atoms with Gasteiger partial charge in [-0.25, -0.2) is 19.9 Å². The van der Waals surface area contributed by atoms with Crippen LogP contribution in [0.1, 0.15) is 11.4 Å². The van der Waals surface area contributed by atoms with E-state index in [9.17, 15) is 10.5 Å². The molecule has 2 aromatic heterocycles. The van der Waals surface area contributed by atoms with Crippen LogP contribution >= 0.6 is 0 Å². The Morgan fingerprint density at radius 2 is 1.13 bits per heavy atom. The van der Waals surface area contributed by atoms with Crippen LogP contribution in [0.4, 0.5) is 0 Å². The molecule has 0 amide bonds. The van der Waals surface area contributed by atoms with Crippen molar-refractivity contribution < 1.29 is 0 Å². The molecule has 30 heavy (non-hydrogen) atoms. The summed E-state index contributed by atoms with van der Waals surface area (Å²) in [5, 5.41) is 22.8. The quantitative estimate of drug-likeness (QED) is 0.277. The van der Waals surface area contributed by atoms with Crippen LogP contribution in [0.3, 0.4) is 0 Å². The molecule has 0 radical (unpaired) electrons. The average molecular weight is 382 g/mol. The summed E-state index contributed by atoms with van der Waals surface area (Å²) in [6.45, 7) is 0. The molecule has 0 aliphatic heterocycles. The molecule has 2 heterocycles. The van der Waals surface area contributed by atoms with Gasteiger partial charge in [0, 0.05) is 10.8 Å². The second-order valence-electron chi connectivity index (χ2n) is 6.96. The van der Waals surface area contributed by atoms with Crippen molar-refractivity contribution in [1.29, 1.82) is 10.5 Å². The van der Waals surface area contributed by atoms with Crippen LogP contribution in [0.15, 0.2) is 60.7 Å². The number of hydrogen-bond acceptors (Lipinski definition) is 6. The van der Waals surface area contributed by atoms with E-state index in [1.807, 2.05) is 72.8 Å². The Hall–Kier alpha value is -4.68. The minimum Gasteiger partial charge on any atom is -0.244 e. The number of fused-ring (bicyclic) bond motifs is 9. The van der Waals surface area contributed by atoms with E-state index in [-0.39, 0.29) is 11.4 Å². The summed E-state index contributed by atoms with van der Waals surface area (Å²) in [4.78, 5) is 18.8. The van der Waals surface area contributed by atoms with E-state index in [1.54, 1.807) is 0 Å². The molecular formula is C24H10N6. The number of aromatic nitrogens is 4. The molecule has 0 aliphatic rings. The summed E-state index contributed by atoms with van der Waals surface area (Å²) in [7, 11) is 0. The fourth-order valence-corrected chi connectivity index (χ4v) is 4.01. The normalized spacial score (nSPS) is 11.3. The predicted octanol–water partition coefficient (Wildman–Crippen LogP) is 4.78. The van der Waals surface area contributed by atoms with E-state index >= 15 is 0 Å². The number of nitrogens with zero attached hydrogens (tertiary/aromatic N) is 6. The molecule has 0 unspecified atom stereocenters. The molecule has 0 aliphatic carbocycles. The zero-order valence-corrected chi connectivity index (χ0v) is 15.5. The lowest BCUT2D eigenvalue weighted by Crippen LogP contribution is -2.00. The van der Waals surface area contributed by atoms with Gasteiger partial charge in [-0.1, -0.05) is 48.5 Å². The maximum atomic E-state index is 9.52. The lowest BCUT2D eigenvalue weighted by Gasteiger charge is -2.12. The zero-order valence-electron chi connectivity index (χ0n) is 15.5. The van der Waals surface area contributed by atoms with Gasteiger partial charge in [0.2, 0.25) is 0 Å². The molecular weight excluding hydrogens is 372 g/mol. The topological polar surface area (TPSA) is 99.1 Å². The molecule has 6 nitrogen and oxygen atoms in total. The first-order valence-corrected chi connectivity index (χ1v) is 9.30. The minimum absolute atomic E-state index is 0.00679. The molecule has 0 N–H and O–H groups in total. The average Bonchev–Trinajstić information content (AvgIpc) is 2.81. The third-order valence-electron chi connectivity index (χ3n) is 5.32. The fourth-order valence-electron chi connectivity index (χ4n) is 4.01. The van der Waals surface area contributed by atoms with Crippen molar-refractivity contribution in [3.63, 3.8) is 0 Å². The van der Waals surface area contributed by atoms with Gasteiger partial charge in [-0.05, 0) is 22.9 Å². The van der Waals surface area contributed by atoms with Crippen molar-refractivity contribution in [3.05, 3.63) is 72.1 Å². The fraction of sp³-hybridized carbons (Fsp3) is 0. The largest absolute Gasteiger partial charge is 0.244 e. The lowest BCUT2D eigenvalue weighted by molar-refractivity contribution is 1.20. The Balaban J connectivity index is 2.00. The molecule has 136 valence electrons. The van der Waals surface area contributed by atoms with Gasteiger partial charge in [-0.15, -0.1) is 0 Å². The number of rotatable bonds is 0. The van der Waals surface area contributed by atoms with Gasteiger partial charge >= 0.3 is 0 Å². The van der Waals surface area contributed by atoms with E-state index in [0.29, 0.717) is 22.1 Å². The molecule has 0 spiro atoms. The highest BCUT2D eigenvalue weighted by Gasteiger charge is 2.19. The van der Waals surface area contributed by atoms with Crippen LogP contribution in [0.5, 0.6) is 0 Å². The SMILES string of the molecule is N#Cc1nc2c3nc4ccccc4nc3c3ccc4ccccc4c3c2nc1C#N. The number of para-hydroxylation sites is 2. The third kappa shape index (κ3) is 2.10. The van der Waals surface area contributed by atoms with Crippen molar-refractivity contribution in [2.24, 2.45) is 0 Å². The van der Waals surface area contributed by atoms with Crippen molar-refractivity contribution in [2.75, 3.05) is 0 Å². The van der Waals surface area contributed by atoms with Crippen LogP contribution in [0.25, 0.3) is 54.6 Å². The summed E-state index contributed by atoms with van der Waals surface area (Å²) in [6, 6.07) is 23.7. The van der Waals surface area contributed by atoms with Crippen molar-refractivity contribution >= 4 is 54.6 Å². The summed E-state index contributed by atoms with van der Waals surface area (Å²) < 4.78 is 0. The van der Waals surface area contributed by atoms with E-state index in [1.165, 1.54) is 0 Å².